The maximum Gasteiger partial charge on any atom is 0.335 e. The van der Waals surface area contributed by atoms with E-state index in [1.54, 1.807) is 23.9 Å². The number of carboxylic acids is 1. The number of hydrogen-bond acceptors (Lipinski definition) is 3. The van der Waals surface area contributed by atoms with Crippen molar-refractivity contribution < 1.29 is 14.7 Å². The van der Waals surface area contributed by atoms with Gasteiger partial charge in [-0.15, -0.1) is 11.8 Å². The molecule has 1 aliphatic rings. The highest BCUT2D eigenvalue weighted by molar-refractivity contribution is 7.98. The Morgan fingerprint density at radius 3 is 2.09 bits per heavy atom. The molecule has 1 fully saturated rings. The number of rotatable bonds is 6. The van der Waals surface area contributed by atoms with Gasteiger partial charge < -0.3 is 5.11 Å². The Morgan fingerprint density at radius 2 is 1.55 bits per heavy atom. The van der Waals surface area contributed by atoms with Crippen LogP contribution in [0.4, 0.5) is 0 Å². The maximum absolute atomic E-state index is 11.9. The summed E-state index contributed by atoms with van der Waals surface area (Å²) in [6.45, 7) is 0. The topological polar surface area (TPSA) is 54.4 Å². The van der Waals surface area contributed by atoms with Crippen molar-refractivity contribution in [3.05, 3.63) is 65.2 Å². The second-order valence-electron chi connectivity index (χ2n) is 5.45. The van der Waals surface area contributed by atoms with E-state index in [1.807, 2.05) is 36.4 Å². The van der Waals surface area contributed by atoms with Crippen LogP contribution in [0, 0.1) is 5.92 Å². The normalized spacial score (nSPS) is 13.8. The first-order chi connectivity index (χ1) is 10.6. The molecule has 0 heterocycles. The molecule has 0 radical (unpaired) electrons. The van der Waals surface area contributed by atoms with Gasteiger partial charge in [0, 0.05) is 22.1 Å². The highest BCUT2D eigenvalue weighted by Gasteiger charge is 2.30. The van der Waals surface area contributed by atoms with E-state index in [1.165, 1.54) is 0 Å². The fourth-order valence-corrected chi connectivity index (χ4v) is 3.06. The van der Waals surface area contributed by atoms with Crippen LogP contribution >= 0.6 is 11.8 Å². The molecule has 3 rings (SSSR count). The number of hydrogen-bond donors (Lipinski definition) is 1. The molecule has 0 spiro atoms. The average molecular weight is 312 g/mol. The Hall–Kier alpha value is -2.07. The van der Waals surface area contributed by atoms with Crippen LogP contribution in [-0.4, -0.2) is 16.9 Å². The Balaban J connectivity index is 1.58. The zero-order valence-electron chi connectivity index (χ0n) is 12.0. The molecule has 0 amide bonds. The Labute approximate surface area is 133 Å². The van der Waals surface area contributed by atoms with Gasteiger partial charge in [-0.25, -0.2) is 4.79 Å². The first-order valence-corrected chi connectivity index (χ1v) is 8.21. The first-order valence-electron chi connectivity index (χ1n) is 7.23. The molecule has 112 valence electrons. The van der Waals surface area contributed by atoms with Crippen LogP contribution in [0.2, 0.25) is 0 Å². The molecule has 0 bridgehead atoms. The molecule has 1 N–H and O–H groups in total. The lowest BCUT2D eigenvalue weighted by atomic mass is 10.1. The molecule has 3 nitrogen and oxygen atoms in total. The summed E-state index contributed by atoms with van der Waals surface area (Å²) in [6, 6.07) is 14.7. The smallest absolute Gasteiger partial charge is 0.335 e. The van der Waals surface area contributed by atoms with Gasteiger partial charge in [0.1, 0.15) is 0 Å². The molecule has 1 aliphatic carbocycles. The molecule has 22 heavy (non-hydrogen) atoms. The number of thioether (sulfide) groups is 1. The van der Waals surface area contributed by atoms with Crippen LogP contribution in [-0.2, 0) is 5.75 Å². The molecular formula is C18H16O3S. The number of carbonyl (C=O) groups is 2. The molecule has 4 heteroatoms. The van der Waals surface area contributed by atoms with Crippen molar-refractivity contribution in [2.24, 2.45) is 5.92 Å². The van der Waals surface area contributed by atoms with Crippen LogP contribution in [0.15, 0.2) is 53.4 Å². The van der Waals surface area contributed by atoms with E-state index in [9.17, 15) is 9.59 Å². The summed E-state index contributed by atoms with van der Waals surface area (Å²) in [5.74, 6) is 0.387. The number of ketones is 1. The lowest BCUT2D eigenvalue weighted by molar-refractivity contribution is 0.0696. The van der Waals surface area contributed by atoms with Gasteiger partial charge in [0.15, 0.2) is 5.78 Å². The Bertz CT molecular complexity index is 685. The third-order valence-electron chi connectivity index (χ3n) is 3.69. The van der Waals surface area contributed by atoms with E-state index >= 15 is 0 Å². The zero-order chi connectivity index (χ0) is 15.5. The monoisotopic (exact) mass is 312 g/mol. The van der Waals surface area contributed by atoms with E-state index in [0.717, 1.165) is 34.6 Å². The highest BCUT2D eigenvalue weighted by atomic mass is 32.2. The standard InChI is InChI=1S/C18H16O3S/c19-17(13-5-6-13)14-7-9-16(10-8-14)22-11-12-1-3-15(4-2-12)18(20)21/h1-4,7-10,13H,5-6,11H2,(H,20,21). The van der Waals surface area contributed by atoms with E-state index in [0.29, 0.717) is 5.56 Å². The summed E-state index contributed by atoms with van der Waals surface area (Å²) in [5, 5.41) is 8.87. The lowest BCUT2D eigenvalue weighted by Gasteiger charge is -2.04. The summed E-state index contributed by atoms with van der Waals surface area (Å²) >= 11 is 1.67. The molecule has 0 aromatic heterocycles. The second-order valence-corrected chi connectivity index (χ2v) is 6.50. The van der Waals surface area contributed by atoms with Crippen molar-refractivity contribution in [3.63, 3.8) is 0 Å². The van der Waals surface area contributed by atoms with Crippen molar-refractivity contribution in [1.82, 2.24) is 0 Å². The van der Waals surface area contributed by atoms with Gasteiger partial charge >= 0.3 is 5.97 Å². The minimum absolute atomic E-state index is 0.256. The quantitative estimate of drug-likeness (QED) is 0.639. The van der Waals surface area contributed by atoms with Crippen molar-refractivity contribution in [2.45, 2.75) is 23.5 Å². The Morgan fingerprint density at radius 1 is 0.955 bits per heavy atom. The minimum Gasteiger partial charge on any atom is -0.478 e. The van der Waals surface area contributed by atoms with Gasteiger partial charge in [0.25, 0.3) is 0 Å². The number of Topliss-reactive ketones (excluding diaryl/α,β-unsaturated/α-hetero) is 1. The molecule has 0 saturated heterocycles. The number of benzene rings is 2. The number of carboxylic acid groups (broad SMARTS) is 1. The summed E-state index contributed by atoms with van der Waals surface area (Å²) in [4.78, 5) is 23.8. The van der Waals surface area contributed by atoms with Crippen LogP contribution in [0.5, 0.6) is 0 Å². The van der Waals surface area contributed by atoms with E-state index < -0.39 is 5.97 Å². The van der Waals surface area contributed by atoms with Crippen LogP contribution < -0.4 is 0 Å². The minimum atomic E-state index is -0.907. The molecule has 1 saturated carbocycles. The second kappa shape index (κ2) is 6.36. The van der Waals surface area contributed by atoms with Gasteiger partial charge in [0.2, 0.25) is 0 Å². The van der Waals surface area contributed by atoms with Gasteiger partial charge in [-0.1, -0.05) is 24.3 Å². The summed E-state index contributed by atoms with van der Waals surface area (Å²) in [6.07, 6.45) is 2.06. The lowest BCUT2D eigenvalue weighted by Crippen LogP contribution is -2.00. The maximum atomic E-state index is 11.9. The third-order valence-corrected chi connectivity index (χ3v) is 4.78. The van der Waals surface area contributed by atoms with Crippen LogP contribution in [0.25, 0.3) is 0 Å². The van der Waals surface area contributed by atoms with E-state index in [-0.39, 0.29) is 11.7 Å². The molecule has 0 unspecified atom stereocenters. The number of aromatic carboxylic acids is 1. The van der Waals surface area contributed by atoms with E-state index in [2.05, 4.69) is 0 Å². The summed E-state index contributed by atoms with van der Waals surface area (Å²) in [5.41, 5.74) is 2.18. The van der Waals surface area contributed by atoms with E-state index in [4.69, 9.17) is 5.11 Å². The fourth-order valence-electron chi connectivity index (χ4n) is 2.21. The average Bonchev–Trinajstić information content (AvgIpc) is 3.38. The summed E-state index contributed by atoms with van der Waals surface area (Å²) < 4.78 is 0. The molecule has 0 atom stereocenters. The SMILES string of the molecule is O=C(O)c1ccc(CSc2ccc(C(=O)C3CC3)cc2)cc1. The predicted molar refractivity (Wildman–Crippen MR) is 86.5 cm³/mol. The molecule has 0 aliphatic heterocycles. The Kier molecular flexibility index (Phi) is 4.29. The summed E-state index contributed by atoms with van der Waals surface area (Å²) in [7, 11) is 0. The number of carbonyl (C=O) groups excluding carboxylic acids is 1. The fraction of sp³-hybridized carbons (Fsp3) is 0.222. The molecule has 2 aromatic carbocycles. The van der Waals surface area contributed by atoms with Gasteiger partial charge in [-0.05, 0) is 42.7 Å². The van der Waals surface area contributed by atoms with Crippen molar-refractivity contribution >= 4 is 23.5 Å². The van der Waals surface area contributed by atoms with Gasteiger partial charge in [-0.2, -0.15) is 0 Å². The molecular weight excluding hydrogens is 296 g/mol. The van der Waals surface area contributed by atoms with Gasteiger partial charge in [-0.3, -0.25) is 4.79 Å². The van der Waals surface area contributed by atoms with Crippen LogP contribution in [0.3, 0.4) is 0 Å². The molecule has 2 aromatic rings. The predicted octanol–water partition coefficient (Wildman–Crippen LogP) is 4.27. The van der Waals surface area contributed by atoms with Crippen molar-refractivity contribution in [2.75, 3.05) is 0 Å². The van der Waals surface area contributed by atoms with Crippen molar-refractivity contribution in [1.29, 1.82) is 0 Å². The van der Waals surface area contributed by atoms with Crippen LogP contribution in [0.1, 0.15) is 39.1 Å². The van der Waals surface area contributed by atoms with Gasteiger partial charge in [0.05, 0.1) is 5.56 Å². The largest absolute Gasteiger partial charge is 0.478 e. The third kappa shape index (κ3) is 3.57. The van der Waals surface area contributed by atoms with Crippen molar-refractivity contribution in [3.8, 4) is 0 Å². The zero-order valence-corrected chi connectivity index (χ0v) is 12.8. The highest BCUT2D eigenvalue weighted by Crippen LogP contribution is 2.33. The first kappa shape index (κ1) is 14.9.